The summed E-state index contributed by atoms with van der Waals surface area (Å²) in [4.78, 5) is 19.2. The molecule has 1 atom stereocenters. The first-order chi connectivity index (χ1) is 16.0. The fourth-order valence-electron chi connectivity index (χ4n) is 3.50. The molecule has 0 bridgehead atoms. The third-order valence-corrected chi connectivity index (χ3v) is 5.43. The molecule has 2 fully saturated rings. The van der Waals surface area contributed by atoms with Crippen molar-refractivity contribution < 1.29 is 27.5 Å². The van der Waals surface area contributed by atoms with Gasteiger partial charge in [-0.25, -0.2) is 4.98 Å². The highest BCUT2D eigenvalue weighted by Gasteiger charge is 2.30. The number of oxazole rings is 1. The molecule has 1 aliphatic carbocycles. The van der Waals surface area contributed by atoms with E-state index in [1.165, 1.54) is 18.2 Å². The van der Waals surface area contributed by atoms with Crippen molar-refractivity contribution in [3.05, 3.63) is 29.7 Å². The highest BCUT2D eigenvalue weighted by Crippen LogP contribution is 2.36. The number of piperazine rings is 1. The first-order valence-electron chi connectivity index (χ1n) is 11.4. The molecule has 0 radical (unpaired) electrons. The Morgan fingerprint density at radius 3 is 2.73 bits per heavy atom. The van der Waals surface area contributed by atoms with Crippen molar-refractivity contribution in [2.24, 2.45) is 11.7 Å². The maximum absolute atomic E-state index is 13.1. The number of amides is 1. The summed E-state index contributed by atoms with van der Waals surface area (Å²) >= 11 is 0. The monoisotopic (exact) mass is 466 g/mol. The van der Waals surface area contributed by atoms with E-state index in [0.29, 0.717) is 37.7 Å². The van der Waals surface area contributed by atoms with Crippen LogP contribution >= 0.6 is 0 Å². The van der Waals surface area contributed by atoms with Gasteiger partial charge in [-0.1, -0.05) is 13.8 Å². The van der Waals surface area contributed by atoms with Crippen LogP contribution in [-0.2, 0) is 6.54 Å². The van der Waals surface area contributed by atoms with Crippen molar-refractivity contribution in [2.75, 3.05) is 26.2 Å². The summed E-state index contributed by atoms with van der Waals surface area (Å²) in [5.41, 5.74) is 6.44. The van der Waals surface area contributed by atoms with Gasteiger partial charge in [-0.05, 0) is 43.9 Å². The van der Waals surface area contributed by atoms with Gasteiger partial charge in [-0.15, -0.1) is 0 Å². The Kier molecular flexibility index (Phi) is 8.62. The number of rotatable bonds is 8. The van der Waals surface area contributed by atoms with Crippen molar-refractivity contribution in [3.63, 3.8) is 0 Å². The zero-order chi connectivity index (χ0) is 24.0. The number of ether oxygens (including phenoxy) is 2. The molecule has 4 rings (SSSR count). The van der Waals surface area contributed by atoms with Crippen molar-refractivity contribution in [1.82, 2.24) is 15.2 Å². The molecular formula is C23H32F2N4O4. The van der Waals surface area contributed by atoms with Crippen LogP contribution < -0.4 is 20.5 Å². The zero-order valence-electron chi connectivity index (χ0n) is 19.3. The zero-order valence-corrected chi connectivity index (χ0v) is 19.3. The number of hydrogen-bond donors (Lipinski definition) is 2. The smallest absolute Gasteiger partial charge is 0.387 e. The third kappa shape index (κ3) is 6.20. The van der Waals surface area contributed by atoms with E-state index in [-0.39, 0.29) is 47.3 Å². The summed E-state index contributed by atoms with van der Waals surface area (Å²) in [5.74, 6) is 0.758. The number of nitrogens with zero attached hydrogens (tertiary/aromatic N) is 2. The molecule has 1 aliphatic heterocycles. The average Bonchev–Trinajstić information content (AvgIpc) is 3.55. The Morgan fingerprint density at radius 2 is 2.09 bits per heavy atom. The lowest BCUT2D eigenvalue weighted by Gasteiger charge is -2.33. The molecule has 0 spiro atoms. The number of alkyl halides is 2. The van der Waals surface area contributed by atoms with Gasteiger partial charge in [0.15, 0.2) is 23.0 Å². The summed E-state index contributed by atoms with van der Waals surface area (Å²) in [6, 6.07) is 4.47. The number of nitrogens with two attached hydrogens (primary N) is 1. The predicted octanol–water partition coefficient (Wildman–Crippen LogP) is 3.65. The Bertz CT molecular complexity index is 933. The van der Waals surface area contributed by atoms with Crippen molar-refractivity contribution >= 4 is 5.91 Å². The van der Waals surface area contributed by atoms with Gasteiger partial charge in [-0.3, -0.25) is 4.79 Å². The van der Waals surface area contributed by atoms with Crippen LogP contribution in [0.2, 0.25) is 0 Å². The Morgan fingerprint density at radius 1 is 1.33 bits per heavy atom. The molecule has 2 aromatic rings. The fraction of sp³-hybridized carbons (Fsp3) is 0.565. The van der Waals surface area contributed by atoms with Crippen molar-refractivity contribution in [1.29, 1.82) is 0 Å². The van der Waals surface area contributed by atoms with E-state index < -0.39 is 6.61 Å². The first-order valence-corrected chi connectivity index (χ1v) is 11.4. The molecular weight excluding hydrogens is 434 g/mol. The quantitative estimate of drug-likeness (QED) is 0.612. The van der Waals surface area contributed by atoms with Gasteiger partial charge in [0.2, 0.25) is 5.89 Å². The molecule has 182 valence electrons. The molecule has 33 heavy (non-hydrogen) atoms. The van der Waals surface area contributed by atoms with Crippen LogP contribution in [0.15, 0.2) is 22.6 Å². The highest BCUT2D eigenvalue weighted by atomic mass is 19.3. The summed E-state index contributed by atoms with van der Waals surface area (Å²) in [5, 5.41) is 3.24. The van der Waals surface area contributed by atoms with Crippen molar-refractivity contribution in [3.8, 4) is 23.0 Å². The second-order valence-corrected chi connectivity index (χ2v) is 7.84. The van der Waals surface area contributed by atoms with Gasteiger partial charge in [-0.2, -0.15) is 8.78 Å². The standard InChI is InChI=1S/C21H26F2N4O4.C2H6/c1-12-10-25-6-7-27(12)20(28)18-17(9-24)30-19(26-18)14-4-5-15(31-21(22)23)16(8-14)29-11-13-2-3-13;1-2/h4-5,8,12-13,21,25H,2-3,6-7,9-11,24H2,1H3;1-2H3. The number of nitrogens with one attached hydrogen (secondary N) is 1. The van der Waals surface area contributed by atoms with E-state index in [1.54, 1.807) is 4.90 Å². The van der Waals surface area contributed by atoms with E-state index in [1.807, 2.05) is 20.8 Å². The Balaban J connectivity index is 0.00000149. The summed E-state index contributed by atoms with van der Waals surface area (Å²) in [7, 11) is 0. The minimum atomic E-state index is -2.97. The molecule has 1 aromatic carbocycles. The summed E-state index contributed by atoms with van der Waals surface area (Å²) < 4.78 is 41.6. The van der Waals surface area contributed by atoms with Crippen LogP contribution in [0.1, 0.15) is 49.9 Å². The second kappa shape index (κ2) is 11.4. The minimum absolute atomic E-state index is 0.00611. The highest BCUT2D eigenvalue weighted by molar-refractivity contribution is 5.94. The number of benzene rings is 1. The maximum Gasteiger partial charge on any atom is 0.387 e. The second-order valence-electron chi connectivity index (χ2n) is 7.84. The first kappa shape index (κ1) is 24.9. The summed E-state index contributed by atoms with van der Waals surface area (Å²) in [6.07, 6.45) is 2.11. The van der Waals surface area contributed by atoms with Crippen LogP contribution in [0, 0.1) is 5.92 Å². The van der Waals surface area contributed by atoms with E-state index >= 15 is 0 Å². The van der Waals surface area contributed by atoms with Gasteiger partial charge >= 0.3 is 6.61 Å². The molecule has 1 saturated carbocycles. The van der Waals surface area contributed by atoms with Crippen LogP contribution in [0.4, 0.5) is 8.78 Å². The van der Waals surface area contributed by atoms with E-state index in [4.69, 9.17) is 14.9 Å². The van der Waals surface area contributed by atoms with Gasteiger partial charge in [0.05, 0.1) is 13.2 Å². The number of halogens is 2. The average molecular weight is 467 g/mol. The normalized spacial score (nSPS) is 18.0. The van der Waals surface area contributed by atoms with Crippen LogP contribution in [0.5, 0.6) is 11.5 Å². The largest absolute Gasteiger partial charge is 0.489 e. The van der Waals surface area contributed by atoms with Crippen molar-refractivity contribution in [2.45, 2.75) is 52.8 Å². The van der Waals surface area contributed by atoms with Gasteiger partial charge < -0.3 is 29.8 Å². The summed E-state index contributed by atoms with van der Waals surface area (Å²) in [6.45, 7) is 5.38. The molecule has 10 heteroatoms. The minimum Gasteiger partial charge on any atom is -0.489 e. The van der Waals surface area contributed by atoms with Gasteiger partial charge in [0.1, 0.15) is 0 Å². The van der Waals surface area contributed by atoms with Crippen LogP contribution in [0.3, 0.4) is 0 Å². The molecule has 1 unspecified atom stereocenters. The molecule has 1 saturated heterocycles. The molecule has 1 aromatic heterocycles. The third-order valence-electron chi connectivity index (χ3n) is 5.43. The predicted molar refractivity (Wildman–Crippen MR) is 119 cm³/mol. The number of aromatic nitrogens is 1. The molecule has 1 amide bonds. The molecule has 2 heterocycles. The van der Waals surface area contributed by atoms with Gasteiger partial charge in [0.25, 0.3) is 5.91 Å². The van der Waals surface area contributed by atoms with Crippen LogP contribution in [-0.4, -0.2) is 54.7 Å². The SMILES string of the molecule is CC.CC1CNCCN1C(=O)c1nc(-c2ccc(OC(F)F)c(OCC3CC3)c2)oc1CN. The fourth-order valence-corrected chi connectivity index (χ4v) is 3.50. The lowest BCUT2D eigenvalue weighted by molar-refractivity contribution is -0.0515. The lowest BCUT2D eigenvalue weighted by Crippen LogP contribution is -2.52. The van der Waals surface area contributed by atoms with Crippen LogP contribution in [0.25, 0.3) is 11.5 Å². The Labute approximate surface area is 192 Å². The van der Waals surface area contributed by atoms with E-state index in [2.05, 4.69) is 15.0 Å². The maximum atomic E-state index is 13.1. The van der Waals surface area contributed by atoms with E-state index in [0.717, 1.165) is 12.8 Å². The number of carbonyl (C=O) groups is 1. The molecule has 2 aliphatic rings. The van der Waals surface area contributed by atoms with E-state index in [9.17, 15) is 13.6 Å². The molecule has 8 nitrogen and oxygen atoms in total. The topological polar surface area (TPSA) is 103 Å². The number of carbonyl (C=O) groups excluding carboxylic acids is 1. The molecule has 3 N–H and O–H groups in total. The van der Waals surface area contributed by atoms with Gasteiger partial charge in [0, 0.05) is 31.2 Å². The number of hydrogen-bond acceptors (Lipinski definition) is 7. The Hall–Kier alpha value is -2.72. The lowest BCUT2D eigenvalue weighted by atomic mass is 10.2.